The Kier molecular flexibility index (Phi) is 4.08. The van der Waals surface area contributed by atoms with Gasteiger partial charge in [-0.2, -0.15) is 5.10 Å². The van der Waals surface area contributed by atoms with Crippen LogP contribution in [0.3, 0.4) is 0 Å². The number of nitrogens with zero attached hydrogens (tertiary/aromatic N) is 2. The van der Waals surface area contributed by atoms with Crippen molar-refractivity contribution in [3.05, 3.63) is 52.7 Å². The van der Waals surface area contributed by atoms with Crippen LogP contribution in [0.4, 0.5) is 0 Å². The molecule has 0 saturated heterocycles. The van der Waals surface area contributed by atoms with Crippen LogP contribution in [-0.4, -0.2) is 22.2 Å². The molecule has 0 bridgehead atoms. The third-order valence-electron chi connectivity index (χ3n) is 4.74. The number of nitrogens with two attached hydrogens (primary N) is 1. The Balaban J connectivity index is 1.36. The largest absolute Gasteiger partial charge is 0.365 e. The van der Waals surface area contributed by atoms with E-state index in [1.807, 2.05) is 4.68 Å². The number of nitrogens with one attached hydrogen (secondary N) is 1. The first-order valence-electron chi connectivity index (χ1n) is 8.22. The van der Waals surface area contributed by atoms with E-state index in [-0.39, 0.29) is 5.91 Å². The quantitative estimate of drug-likeness (QED) is 0.750. The molecule has 1 amide bonds. The highest BCUT2D eigenvalue weighted by Crippen LogP contribution is 2.26. The van der Waals surface area contributed by atoms with Crippen LogP contribution < -0.4 is 11.1 Å². The lowest BCUT2D eigenvalue weighted by molar-refractivity contribution is 0.0998. The monoisotopic (exact) mass is 340 g/mol. The summed E-state index contributed by atoms with van der Waals surface area (Å²) < 4.78 is 3.28. The maximum absolute atomic E-state index is 11.4. The van der Waals surface area contributed by atoms with Crippen LogP contribution >= 0.6 is 11.3 Å². The van der Waals surface area contributed by atoms with Gasteiger partial charge in [-0.05, 0) is 41.2 Å². The van der Waals surface area contributed by atoms with E-state index in [2.05, 4.69) is 40.1 Å². The summed E-state index contributed by atoms with van der Waals surface area (Å²) in [6.07, 6.45) is 3.53. The third-order valence-corrected chi connectivity index (χ3v) is 5.76. The van der Waals surface area contributed by atoms with Crippen molar-refractivity contribution in [2.45, 2.75) is 25.9 Å². The Morgan fingerprint density at radius 2 is 2.29 bits per heavy atom. The van der Waals surface area contributed by atoms with Crippen LogP contribution in [0.25, 0.3) is 10.1 Å². The molecule has 1 atom stereocenters. The van der Waals surface area contributed by atoms with E-state index in [9.17, 15) is 4.79 Å². The zero-order valence-electron chi connectivity index (χ0n) is 13.4. The molecule has 0 unspecified atom stereocenters. The minimum absolute atomic E-state index is 0.378. The molecule has 1 aliphatic rings. The Labute approximate surface area is 144 Å². The number of benzene rings is 1. The van der Waals surface area contributed by atoms with Crippen molar-refractivity contribution in [2.75, 3.05) is 6.54 Å². The highest BCUT2D eigenvalue weighted by atomic mass is 32.1. The van der Waals surface area contributed by atoms with Gasteiger partial charge in [0.15, 0.2) is 0 Å². The van der Waals surface area contributed by atoms with Gasteiger partial charge in [-0.3, -0.25) is 9.48 Å². The minimum atomic E-state index is -0.378. The van der Waals surface area contributed by atoms with Crippen LogP contribution in [0.15, 0.2) is 35.8 Å². The number of hydrogen-bond acceptors (Lipinski definition) is 4. The summed E-state index contributed by atoms with van der Waals surface area (Å²) in [5.41, 5.74) is 8.32. The maximum atomic E-state index is 11.4. The highest BCUT2D eigenvalue weighted by Gasteiger charge is 2.23. The van der Waals surface area contributed by atoms with Gasteiger partial charge >= 0.3 is 0 Å². The second-order valence-corrected chi connectivity index (χ2v) is 7.26. The molecule has 0 spiro atoms. The second-order valence-electron chi connectivity index (χ2n) is 6.34. The first kappa shape index (κ1) is 15.4. The van der Waals surface area contributed by atoms with Crippen molar-refractivity contribution in [2.24, 2.45) is 11.7 Å². The van der Waals surface area contributed by atoms with Gasteiger partial charge in [-0.1, -0.05) is 18.2 Å². The third kappa shape index (κ3) is 2.83. The minimum Gasteiger partial charge on any atom is -0.365 e. The van der Waals surface area contributed by atoms with E-state index in [1.54, 1.807) is 17.5 Å². The van der Waals surface area contributed by atoms with Crippen molar-refractivity contribution in [1.82, 2.24) is 15.1 Å². The molecule has 3 N–H and O–H groups in total. The van der Waals surface area contributed by atoms with E-state index in [1.165, 1.54) is 15.6 Å². The molecular weight excluding hydrogens is 320 g/mol. The molecule has 0 fully saturated rings. The standard InChI is InChI=1S/C18H20N4OS/c19-18(23)15-9-21-22-10-12(5-6-16(15)22)7-20-8-13-11-24-17-4-2-1-3-14(13)17/h1-4,9,11-12,20H,5-8,10H2,(H2,19,23)/t12-/m1/s1. The van der Waals surface area contributed by atoms with Crippen LogP contribution in [0.1, 0.15) is 28.0 Å². The molecule has 2 aromatic heterocycles. The molecule has 1 aromatic carbocycles. The summed E-state index contributed by atoms with van der Waals surface area (Å²) in [6.45, 7) is 2.69. The molecule has 124 valence electrons. The normalized spacial score (nSPS) is 17.1. The molecule has 3 heterocycles. The predicted molar refractivity (Wildman–Crippen MR) is 96.1 cm³/mol. The van der Waals surface area contributed by atoms with E-state index >= 15 is 0 Å². The molecular formula is C18H20N4OS. The average Bonchev–Trinajstić information content (AvgIpc) is 3.19. The number of primary amides is 1. The zero-order chi connectivity index (χ0) is 16.5. The lowest BCUT2D eigenvalue weighted by Gasteiger charge is -2.24. The topological polar surface area (TPSA) is 72.9 Å². The fraction of sp³-hybridized carbons (Fsp3) is 0.333. The van der Waals surface area contributed by atoms with Crippen LogP contribution in [0, 0.1) is 5.92 Å². The number of rotatable bonds is 5. The molecule has 0 saturated carbocycles. The summed E-state index contributed by atoms with van der Waals surface area (Å²) in [5, 5.41) is 11.5. The molecule has 24 heavy (non-hydrogen) atoms. The molecule has 5 nitrogen and oxygen atoms in total. The predicted octanol–water partition coefficient (Wildman–Crippen LogP) is 2.55. The molecule has 4 rings (SSSR count). The molecule has 0 radical (unpaired) electrons. The van der Waals surface area contributed by atoms with Crippen LogP contribution in [0.5, 0.6) is 0 Å². The Bertz CT molecular complexity index is 882. The Morgan fingerprint density at radius 1 is 1.42 bits per heavy atom. The van der Waals surface area contributed by atoms with Gasteiger partial charge < -0.3 is 11.1 Å². The number of thiophene rings is 1. The van der Waals surface area contributed by atoms with E-state index in [0.717, 1.165) is 38.2 Å². The summed E-state index contributed by atoms with van der Waals surface area (Å²) >= 11 is 1.80. The van der Waals surface area contributed by atoms with Crippen molar-refractivity contribution >= 4 is 27.3 Å². The van der Waals surface area contributed by atoms with E-state index in [0.29, 0.717) is 11.5 Å². The fourth-order valence-corrected chi connectivity index (χ4v) is 4.42. The number of amides is 1. The molecule has 1 aliphatic heterocycles. The van der Waals surface area contributed by atoms with Gasteiger partial charge in [0.1, 0.15) is 0 Å². The lowest BCUT2D eigenvalue weighted by atomic mass is 9.96. The van der Waals surface area contributed by atoms with Crippen molar-refractivity contribution in [1.29, 1.82) is 0 Å². The summed E-state index contributed by atoms with van der Waals surface area (Å²) in [7, 11) is 0. The van der Waals surface area contributed by atoms with Gasteiger partial charge in [-0.25, -0.2) is 0 Å². The van der Waals surface area contributed by atoms with Crippen LogP contribution in [-0.2, 0) is 19.5 Å². The second kappa shape index (κ2) is 6.37. The SMILES string of the molecule is NC(=O)c1cnn2c1CC[C@H](CNCc1csc3ccccc13)C2. The number of carbonyl (C=O) groups excluding carboxylic acids is 1. The van der Waals surface area contributed by atoms with Gasteiger partial charge in [-0.15, -0.1) is 11.3 Å². The molecule has 0 aliphatic carbocycles. The Morgan fingerprint density at radius 3 is 3.17 bits per heavy atom. The van der Waals surface area contributed by atoms with Crippen LogP contribution in [0.2, 0.25) is 0 Å². The van der Waals surface area contributed by atoms with Gasteiger partial charge in [0, 0.05) is 24.3 Å². The van der Waals surface area contributed by atoms with Crippen molar-refractivity contribution < 1.29 is 4.79 Å². The number of carbonyl (C=O) groups is 1. The molecule has 3 aromatic rings. The lowest BCUT2D eigenvalue weighted by Crippen LogP contribution is -2.31. The van der Waals surface area contributed by atoms with Gasteiger partial charge in [0.05, 0.1) is 17.5 Å². The number of fused-ring (bicyclic) bond motifs is 2. The number of aromatic nitrogens is 2. The molecule has 6 heteroatoms. The fourth-order valence-electron chi connectivity index (χ4n) is 3.46. The van der Waals surface area contributed by atoms with E-state index in [4.69, 9.17) is 5.73 Å². The first-order valence-corrected chi connectivity index (χ1v) is 9.10. The summed E-state index contributed by atoms with van der Waals surface area (Å²) in [6, 6.07) is 8.53. The first-order chi connectivity index (χ1) is 11.7. The maximum Gasteiger partial charge on any atom is 0.252 e. The van der Waals surface area contributed by atoms with E-state index < -0.39 is 0 Å². The smallest absolute Gasteiger partial charge is 0.252 e. The van der Waals surface area contributed by atoms with Gasteiger partial charge in [0.25, 0.3) is 5.91 Å². The van der Waals surface area contributed by atoms with Crippen molar-refractivity contribution in [3.8, 4) is 0 Å². The highest BCUT2D eigenvalue weighted by molar-refractivity contribution is 7.17. The average molecular weight is 340 g/mol. The van der Waals surface area contributed by atoms with Gasteiger partial charge in [0.2, 0.25) is 0 Å². The summed E-state index contributed by atoms with van der Waals surface area (Å²) in [5.74, 6) is 0.153. The summed E-state index contributed by atoms with van der Waals surface area (Å²) in [4.78, 5) is 11.4. The number of hydrogen-bond donors (Lipinski definition) is 2. The van der Waals surface area contributed by atoms with Crippen molar-refractivity contribution in [3.63, 3.8) is 0 Å². The zero-order valence-corrected chi connectivity index (χ0v) is 14.2. The Hall–Kier alpha value is -2.18.